The van der Waals surface area contributed by atoms with Gasteiger partial charge in [0.25, 0.3) is 5.91 Å². The molecule has 1 fully saturated rings. The molecular weight excluding hydrogens is 379 g/mol. The van der Waals surface area contributed by atoms with E-state index >= 15 is 0 Å². The van der Waals surface area contributed by atoms with Crippen LogP contribution >= 0.6 is 0 Å². The lowest BCUT2D eigenvalue weighted by atomic mass is 10.1. The molecule has 1 aromatic carbocycles. The molecule has 0 unspecified atom stereocenters. The van der Waals surface area contributed by atoms with Gasteiger partial charge >= 0.3 is 0 Å². The highest BCUT2D eigenvalue weighted by atomic mass is 32.2. The molecular formula is C17H25FN2O6S. The number of nitrogens with one attached hydrogen (secondary N) is 1. The van der Waals surface area contributed by atoms with Crippen molar-refractivity contribution in [2.75, 3.05) is 39.6 Å². The number of ether oxygens (including phenoxy) is 3. The second-order valence-corrected chi connectivity index (χ2v) is 8.39. The Hall–Kier alpha value is -1.91. The van der Waals surface area contributed by atoms with Crippen LogP contribution in [0, 0.1) is 5.82 Å². The van der Waals surface area contributed by atoms with E-state index in [1.807, 2.05) is 0 Å². The fraction of sp³-hybridized carbons (Fsp3) is 0.588. The lowest BCUT2D eigenvalue weighted by Crippen LogP contribution is -2.49. The maximum Gasteiger partial charge on any atom is 0.258 e. The number of amides is 1. The summed E-state index contributed by atoms with van der Waals surface area (Å²) in [6.07, 6.45) is -0.401. The quantitative estimate of drug-likeness (QED) is 0.729. The van der Waals surface area contributed by atoms with E-state index in [0.29, 0.717) is 0 Å². The molecule has 27 heavy (non-hydrogen) atoms. The van der Waals surface area contributed by atoms with Gasteiger partial charge in [0.1, 0.15) is 11.4 Å². The van der Waals surface area contributed by atoms with E-state index in [2.05, 4.69) is 5.32 Å². The molecule has 0 aromatic heterocycles. The standard InChI is InChI=1S/C17H25FN2O6S/c1-11-9-20(10-12(2)26-11)27(22,23)8-7-19-17(21)15-13(18)5-6-14(24-3)16(15)25-4/h5-6,11-12H,7-10H2,1-4H3,(H,19,21)/t11-,12-/m0/s1. The molecule has 1 heterocycles. The van der Waals surface area contributed by atoms with E-state index < -0.39 is 21.7 Å². The number of hydrogen-bond donors (Lipinski definition) is 1. The van der Waals surface area contributed by atoms with Crippen LogP contribution in [0.1, 0.15) is 24.2 Å². The van der Waals surface area contributed by atoms with Gasteiger partial charge in [0, 0.05) is 19.6 Å². The Morgan fingerprint density at radius 3 is 2.44 bits per heavy atom. The average molecular weight is 404 g/mol. The Kier molecular flexibility index (Phi) is 7.01. The van der Waals surface area contributed by atoms with Crippen molar-refractivity contribution in [3.05, 3.63) is 23.5 Å². The molecule has 0 aliphatic carbocycles. The third kappa shape index (κ3) is 5.08. The summed E-state index contributed by atoms with van der Waals surface area (Å²) >= 11 is 0. The van der Waals surface area contributed by atoms with Crippen molar-refractivity contribution in [2.24, 2.45) is 0 Å². The first-order chi connectivity index (χ1) is 12.7. The molecule has 1 amide bonds. The second-order valence-electron chi connectivity index (χ2n) is 6.30. The van der Waals surface area contributed by atoms with Crippen LogP contribution in [0.15, 0.2) is 12.1 Å². The van der Waals surface area contributed by atoms with Gasteiger partial charge in [-0.25, -0.2) is 12.8 Å². The summed E-state index contributed by atoms with van der Waals surface area (Å²) < 4.78 is 56.1. The van der Waals surface area contributed by atoms with Crippen molar-refractivity contribution in [3.8, 4) is 11.5 Å². The SMILES string of the molecule is COc1ccc(F)c(C(=O)NCCS(=O)(=O)N2C[C@H](C)O[C@@H](C)C2)c1OC. The lowest BCUT2D eigenvalue weighted by Gasteiger charge is -2.34. The van der Waals surface area contributed by atoms with Gasteiger partial charge in [-0.1, -0.05) is 0 Å². The maximum atomic E-state index is 14.1. The molecule has 1 aliphatic heterocycles. The number of halogens is 1. The number of carbonyl (C=O) groups is 1. The molecule has 0 saturated carbocycles. The minimum atomic E-state index is -3.58. The Balaban J connectivity index is 2.04. The molecule has 0 radical (unpaired) electrons. The van der Waals surface area contributed by atoms with E-state index in [9.17, 15) is 17.6 Å². The number of carbonyl (C=O) groups excluding carboxylic acids is 1. The molecule has 1 aromatic rings. The molecule has 1 N–H and O–H groups in total. The second kappa shape index (κ2) is 8.85. The van der Waals surface area contributed by atoms with Gasteiger partial charge < -0.3 is 19.5 Å². The van der Waals surface area contributed by atoms with Gasteiger partial charge in [-0.15, -0.1) is 0 Å². The van der Waals surface area contributed by atoms with Gasteiger partial charge in [0.15, 0.2) is 11.5 Å². The van der Waals surface area contributed by atoms with Crippen LogP contribution in [0.3, 0.4) is 0 Å². The number of rotatable bonds is 7. The van der Waals surface area contributed by atoms with Gasteiger partial charge in [0.05, 0.1) is 32.2 Å². The van der Waals surface area contributed by atoms with Crippen LogP contribution in [0.2, 0.25) is 0 Å². The fourth-order valence-corrected chi connectivity index (χ4v) is 4.48. The average Bonchev–Trinajstić information content (AvgIpc) is 2.60. The van der Waals surface area contributed by atoms with E-state index in [1.165, 1.54) is 24.6 Å². The summed E-state index contributed by atoms with van der Waals surface area (Å²) in [5.74, 6) is -1.71. The third-order valence-corrected chi connectivity index (χ3v) is 5.95. The number of benzene rings is 1. The van der Waals surface area contributed by atoms with Gasteiger partial charge in [-0.05, 0) is 26.0 Å². The number of methoxy groups -OCH3 is 2. The van der Waals surface area contributed by atoms with Crippen molar-refractivity contribution < 1.29 is 31.8 Å². The van der Waals surface area contributed by atoms with E-state index in [4.69, 9.17) is 14.2 Å². The lowest BCUT2D eigenvalue weighted by molar-refractivity contribution is -0.0440. The van der Waals surface area contributed by atoms with E-state index in [1.54, 1.807) is 13.8 Å². The number of sulfonamides is 1. The number of hydrogen-bond acceptors (Lipinski definition) is 6. The molecule has 10 heteroatoms. The Morgan fingerprint density at radius 2 is 1.89 bits per heavy atom. The maximum absolute atomic E-state index is 14.1. The highest BCUT2D eigenvalue weighted by molar-refractivity contribution is 7.89. The minimum Gasteiger partial charge on any atom is -0.493 e. The molecule has 1 saturated heterocycles. The molecule has 152 valence electrons. The summed E-state index contributed by atoms with van der Waals surface area (Å²) in [6, 6.07) is 2.43. The van der Waals surface area contributed by atoms with Crippen LogP contribution in [0.25, 0.3) is 0 Å². The summed E-state index contributed by atoms with van der Waals surface area (Å²) in [6.45, 7) is 3.97. The normalized spacial score (nSPS) is 20.9. The summed E-state index contributed by atoms with van der Waals surface area (Å²) in [5, 5.41) is 2.43. The van der Waals surface area contributed by atoms with Gasteiger partial charge in [0.2, 0.25) is 10.0 Å². The van der Waals surface area contributed by atoms with E-state index in [-0.39, 0.29) is 54.7 Å². The zero-order valence-corrected chi connectivity index (χ0v) is 16.6. The predicted molar refractivity (Wildman–Crippen MR) is 97.2 cm³/mol. The molecule has 8 nitrogen and oxygen atoms in total. The van der Waals surface area contributed by atoms with Crippen molar-refractivity contribution in [1.82, 2.24) is 9.62 Å². The van der Waals surface area contributed by atoms with Crippen molar-refractivity contribution >= 4 is 15.9 Å². The fourth-order valence-electron chi connectivity index (χ4n) is 2.98. The minimum absolute atomic E-state index is 0.0475. The first-order valence-electron chi connectivity index (χ1n) is 8.51. The Labute approximate surface area is 158 Å². The summed E-state index contributed by atoms with van der Waals surface area (Å²) in [5.41, 5.74) is -0.331. The van der Waals surface area contributed by atoms with Crippen molar-refractivity contribution in [1.29, 1.82) is 0 Å². The third-order valence-electron chi connectivity index (χ3n) is 4.15. The van der Waals surface area contributed by atoms with Gasteiger partial charge in [-0.2, -0.15) is 4.31 Å². The van der Waals surface area contributed by atoms with Crippen LogP contribution in [-0.2, 0) is 14.8 Å². The smallest absolute Gasteiger partial charge is 0.258 e. The van der Waals surface area contributed by atoms with Crippen LogP contribution < -0.4 is 14.8 Å². The molecule has 1 aliphatic rings. The predicted octanol–water partition coefficient (Wildman–Crippen LogP) is 1.01. The highest BCUT2D eigenvalue weighted by Crippen LogP contribution is 2.32. The van der Waals surface area contributed by atoms with Crippen LogP contribution in [-0.4, -0.2) is 70.4 Å². The largest absolute Gasteiger partial charge is 0.493 e. The summed E-state index contributed by atoms with van der Waals surface area (Å²) in [7, 11) is -0.916. The van der Waals surface area contributed by atoms with Crippen molar-refractivity contribution in [3.63, 3.8) is 0 Å². The zero-order chi connectivity index (χ0) is 20.2. The molecule has 0 bridgehead atoms. The molecule has 0 spiro atoms. The summed E-state index contributed by atoms with van der Waals surface area (Å²) in [4.78, 5) is 12.4. The topological polar surface area (TPSA) is 94.2 Å². The van der Waals surface area contributed by atoms with Crippen LogP contribution in [0.4, 0.5) is 4.39 Å². The van der Waals surface area contributed by atoms with Gasteiger partial charge in [-0.3, -0.25) is 4.79 Å². The first kappa shape index (κ1) is 21.4. The van der Waals surface area contributed by atoms with Crippen LogP contribution in [0.5, 0.6) is 11.5 Å². The van der Waals surface area contributed by atoms with E-state index in [0.717, 1.165) is 6.07 Å². The zero-order valence-electron chi connectivity index (χ0n) is 15.8. The molecule has 2 rings (SSSR count). The highest BCUT2D eigenvalue weighted by Gasteiger charge is 2.31. The number of morpholine rings is 1. The monoisotopic (exact) mass is 404 g/mol. The Morgan fingerprint density at radius 1 is 1.26 bits per heavy atom. The Bertz CT molecular complexity index is 776. The van der Waals surface area contributed by atoms with Crippen molar-refractivity contribution in [2.45, 2.75) is 26.1 Å². The first-order valence-corrected chi connectivity index (χ1v) is 10.1. The molecule has 2 atom stereocenters. The number of nitrogens with zero attached hydrogens (tertiary/aromatic N) is 1.